The van der Waals surface area contributed by atoms with Gasteiger partial charge in [0.05, 0.1) is 28.8 Å². The summed E-state index contributed by atoms with van der Waals surface area (Å²) in [6.45, 7) is 3.53. The molecule has 2 aliphatic rings. The predicted molar refractivity (Wildman–Crippen MR) is 177 cm³/mol. The highest BCUT2D eigenvalue weighted by Gasteiger charge is 2.25. The third kappa shape index (κ3) is 5.60. The second-order valence-corrected chi connectivity index (χ2v) is 12.3. The summed E-state index contributed by atoms with van der Waals surface area (Å²) in [5.74, 6) is 0.289. The quantitative estimate of drug-likeness (QED) is 0.159. The molecule has 0 spiro atoms. The minimum absolute atomic E-state index is 0.0601. The van der Waals surface area contributed by atoms with Crippen molar-refractivity contribution < 1.29 is 13.9 Å². The van der Waals surface area contributed by atoms with Crippen molar-refractivity contribution in [1.29, 1.82) is 0 Å². The van der Waals surface area contributed by atoms with Crippen molar-refractivity contribution in [2.75, 3.05) is 31.6 Å². The van der Waals surface area contributed by atoms with Crippen LogP contribution in [0.3, 0.4) is 0 Å². The maximum absolute atomic E-state index is 14.8. The van der Waals surface area contributed by atoms with Gasteiger partial charge in [-0.25, -0.2) is 4.39 Å². The van der Waals surface area contributed by atoms with E-state index in [-0.39, 0.29) is 17.6 Å². The van der Waals surface area contributed by atoms with Crippen LogP contribution in [-0.4, -0.2) is 62.2 Å². The molecular weight excluding hydrogens is 581 g/mol. The Morgan fingerprint density at radius 3 is 2.63 bits per heavy atom. The molecule has 1 saturated carbocycles. The van der Waals surface area contributed by atoms with Gasteiger partial charge in [0.15, 0.2) is 0 Å². The van der Waals surface area contributed by atoms with Gasteiger partial charge in [-0.15, -0.1) is 0 Å². The Bertz CT molecular complexity index is 2060. The maximum Gasteiger partial charge on any atom is 0.227 e. The molecule has 2 aromatic carbocycles. The van der Waals surface area contributed by atoms with E-state index in [1.54, 1.807) is 18.6 Å². The molecule has 5 heterocycles. The van der Waals surface area contributed by atoms with Crippen molar-refractivity contribution in [1.82, 2.24) is 30.0 Å². The molecule has 1 saturated heterocycles. The van der Waals surface area contributed by atoms with E-state index >= 15 is 0 Å². The van der Waals surface area contributed by atoms with Crippen LogP contribution in [0.2, 0.25) is 0 Å². The Kier molecular flexibility index (Phi) is 7.42. The van der Waals surface area contributed by atoms with E-state index in [4.69, 9.17) is 4.74 Å². The molecule has 4 aromatic heterocycles. The molecule has 1 amide bonds. The smallest absolute Gasteiger partial charge is 0.227 e. The number of H-pyrrole nitrogens is 2. The first-order valence-corrected chi connectivity index (χ1v) is 16.0. The molecular formula is C36H34FN7O2. The number of halogens is 1. The van der Waals surface area contributed by atoms with Crippen LogP contribution >= 0.6 is 0 Å². The first-order chi connectivity index (χ1) is 22.6. The number of aromatic amines is 2. The Morgan fingerprint density at radius 1 is 0.913 bits per heavy atom. The monoisotopic (exact) mass is 615 g/mol. The summed E-state index contributed by atoms with van der Waals surface area (Å²) in [5.41, 5.74) is 7.18. The molecule has 1 aliphatic carbocycles. The lowest BCUT2D eigenvalue weighted by Crippen LogP contribution is -2.28. The van der Waals surface area contributed by atoms with E-state index in [0.29, 0.717) is 29.3 Å². The molecule has 0 radical (unpaired) electrons. The van der Waals surface area contributed by atoms with Crippen LogP contribution in [0.25, 0.3) is 55.6 Å². The topological polar surface area (TPSA) is 112 Å². The lowest BCUT2D eigenvalue weighted by atomic mass is 9.85. The molecule has 0 unspecified atom stereocenters. The van der Waals surface area contributed by atoms with Gasteiger partial charge in [0.1, 0.15) is 23.9 Å². The van der Waals surface area contributed by atoms with Gasteiger partial charge in [-0.3, -0.25) is 24.8 Å². The van der Waals surface area contributed by atoms with Gasteiger partial charge in [0, 0.05) is 58.3 Å². The minimum atomic E-state index is -0.366. The zero-order chi connectivity index (χ0) is 31.0. The SMILES string of the molecule is O=C(Nc1cncc(-c2ccc3[nH]nc(-c4cc5c(-c6cc(F)cc(OCCN7CCCC7)c6)nccc5[nH]4)c3c2)c1)C1CCC1. The van der Waals surface area contributed by atoms with E-state index < -0.39 is 0 Å². The number of nitrogens with zero attached hydrogens (tertiary/aromatic N) is 4. The molecule has 6 aromatic rings. The lowest BCUT2D eigenvalue weighted by molar-refractivity contribution is -0.122. The standard InChI is InChI=1S/C36H34FN7O2/c37-26-14-24(16-28(18-26)46-13-12-44-10-1-2-11-44)34-30-19-33(41-31(30)8-9-39-34)35-29-17-23(6-7-32(29)42-43-35)25-15-27(21-38-20-25)40-36(45)22-4-3-5-22/h6-9,14-22,41H,1-5,10-13H2,(H,40,45)(H,42,43). The molecule has 0 atom stereocenters. The van der Waals surface area contributed by atoms with Crippen LogP contribution in [0, 0.1) is 11.7 Å². The second-order valence-electron chi connectivity index (χ2n) is 12.3. The normalized spacial score (nSPS) is 15.4. The number of rotatable bonds is 9. The van der Waals surface area contributed by atoms with Gasteiger partial charge in [-0.05, 0) is 86.8 Å². The fraction of sp³-hybridized carbons (Fsp3) is 0.278. The van der Waals surface area contributed by atoms with Gasteiger partial charge in [-0.1, -0.05) is 12.5 Å². The minimum Gasteiger partial charge on any atom is -0.492 e. The summed E-state index contributed by atoms with van der Waals surface area (Å²) in [6.07, 6.45) is 10.6. The van der Waals surface area contributed by atoms with Gasteiger partial charge in [0.2, 0.25) is 5.91 Å². The number of nitrogens with one attached hydrogen (secondary N) is 3. The highest BCUT2D eigenvalue weighted by molar-refractivity contribution is 6.01. The first kappa shape index (κ1) is 28.4. The predicted octanol–water partition coefficient (Wildman–Crippen LogP) is 7.19. The summed E-state index contributed by atoms with van der Waals surface area (Å²) in [7, 11) is 0. The maximum atomic E-state index is 14.8. The van der Waals surface area contributed by atoms with Gasteiger partial charge in [0.25, 0.3) is 0 Å². The van der Waals surface area contributed by atoms with Crippen molar-refractivity contribution in [2.24, 2.45) is 5.92 Å². The summed E-state index contributed by atoms with van der Waals surface area (Å²) >= 11 is 0. The molecule has 232 valence electrons. The third-order valence-electron chi connectivity index (χ3n) is 9.20. The van der Waals surface area contributed by atoms with Crippen molar-refractivity contribution in [3.8, 4) is 39.5 Å². The molecule has 10 heteroatoms. The van der Waals surface area contributed by atoms with E-state index in [0.717, 1.165) is 83.2 Å². The van der Waals surface area contributed by atoms with Crippen molar-refractivity contribution >= 4 is 33.4 Å². The van der Waals surface area contributed by atoms with Crippen molar-refractivity contribution in [2.45, 2.75) is 32.1 Å². The number of fused-ring (bicyclic) bond motifs is 2. The Morgan fingerprint density at radius 2 is 1.78 bits per heavy atom. The molecule has 1 aliphatic heterocycles. The zero-order valence-electron chi connectivity index (χ0n) is 25.4. The van der Waals surface area contributed by atoms with E-state index in [9.17, 15) is 9.18 Å². The number of benzene rings is 2. The van der Waals surface area contributed by atoms with Gasteiger partial charge in [-0.2, -0.15) is 5.10 Å². The summed E-state index contributed by atoms with van der Waals surface area (Å²) in [5, 5.41) is 12.6. The zero-order valence-corrected chi connectivity index (χ0v) is 25.4. The highest BCUT2D eigenvalue weighted by Crippen LogP contribution is 2.36. The molecule has 9 nitrogen and oxygen atoms in total. The van der Waals surface area contributed by atoms with Crippen LogP contribution in [0.15, 0.2) is 73.2 Å². The van der Waals surface area contributed by atoms with Crippen molar-refractivity contribution in [3.05, 3.63) is 79.0 Å². The van der Waals surface area contributed by atoms with Crippen LogP contribution in [0.1, 0.15) is 32.1 Å². The van der Waals surface area contributed by atoms with Crippen LogP contribution in [0.4, 0.5) is 10.1 Å². The Balaban J connectivity index is 1.09. The second kappa shape index (κ2) is 12.0. The average molecular weight is 616 g/mol. The fourth-order valence-corrected chi connectivity index (χ4v) is 6.47. The largest absolute Gasteiger partial charge is 0.492 e. The summed E-state index contributed by atoms with van der Waals surface area (Å²) in [6, 6.07) is 16.7. The molecule has 3 N–H and O–H groups in total. The lowest BCUT2D eigenvalue weighted by Gasteiger charge is -2.24. The summed E-state index contributed by atoms with van der Waals surface area (Å²) in [4.78, 5) is 27.4. The van der Waals surface area contributed by atoms with Gasteiger partial charge >= 0.3 is 0 Å². The average Bonchev–Trinajstić information content (AvgIpc) is 3.79. The molecule has 8 rings (SSSR count). The number of hydrogen-bond donors (Lipinski definition) is 3. The summed E-state index contributed by atoms with van der Waals surface area (Å²) < 4.78 is 20.8. The van der Waals surface area contributed by atoms with E-state index in [1.165, 1.54) is 25.0 Å². The number of ether oxygens (including phenoxy) is 1. The van der Waals surface area contributed by atoms with E-state index in [2.05, 4.69) is 41.4 Å². The number of pyridine rings is 2. The van der Waals surface area contributed by atoms with Crippen LogP contribution < -0.4 is 10.1 Å². The number of hydrogen-bond acceptors (Lipinski definition) is 6. The molecule has 2 fully saturated rings. The molecule has 46 heavy (non-hydrogen) atoms. The van der Waals surface area contributed by atoms with Crippen LogP contribution in [0.5, 0.6) is 5.75 Å². The number of anilines is 1. The Labute approximate surface area is 265 Å². The number of carbonyl (C=O) groups excluding carboxylic acids is 1. The van der Waals surface area contributed by atoms with Crippen molar-refractivity contribution in [3.63, 3.8) is 0 Å². The number of amides is 1. The molecule has 0 bridgehead atoms. The van der Waals surface area contributed by atoms with Crippen LogP contribution in [-0.2, 0) is 4.79 Å². The highest BCUT2D eigenvalue weighted by atomic mass is 19.1. The number of aromatic nitrogens is 5. The Hall–Kier alpha value is -5.09. The number of likely N-dealkylation sites (tertiary alicyclic amines) is 1. The fourth-order valence-electron chi connectivity index (χ4n) is 6.47. The first-order valence-electron chi connectivity index (χ1n) is 16.0. The third-order valence-corrected chi connectivity index (χ3v) is 9.20. The number of carbonyl (C=O) groups is 1. The van der Waals surface area contributed by atoms with E-state index in [1.807, 2.05) is 36.4 Å². The van der Waals surface area contributed by atoms with Gasteiger partial charge < -0.3 is 15.0 Å².